The van der Waals surface area contributed by atoms with Gasteiger partial charge in [-0.2, -0.15) is 10.2 Å². The van der Waals surface area contributed by atoms with E-state index in [0.29, 0.717) is 30.2 Å². The van der Waals surface area contributed by atoms with Gasteiger partial charge in [0.15, 0.2) is 0 Å². The monoisotopic (exact) mass is 718 g/mol. The van der Waals surface area contributed by atoms with E-state index in [9.17, 15) is 4.79 Å². The van der Waals surface area contributed by atoms with Gasteiger partial charge in [0.05, 0.1) is 48.9 Å². The Morgan fingerprint density at radius 2 is 1.75 bits per heavy atom. The summed E-state index contributed by atoms with van der Waals surface area (Å²) in [7, 11) is 0. The predicted molar refractivity (Wildman–Crippen MR) is 205 cm³/mol. The highest BCUT2D eigenvalue weighted by Gasteiger charge is 2.30. The number of aromatic nitrogens is 5. The van der Waals surface area contributed by atoms with E-state index in [2.05, 4.69) is 48.6 Å². The van der Waals surface area contributed by atoms with Gasteiger partial charge in [0, 0.05) is 48.6 Å². The molecule has 2 atom stereocenters. The Morgan fingerprint density at radius 1 is 0.981 bits per heavy atom. The Morgan fingerprint density at radius 3 is 2.51 bits per heavy atom. The third kappa shape index (κ3) is 8.06. The molecule has 0 spiro atoms. The Bertz CT molecular complexity index is 2170. The topological polar surface area (TPSA) is 151 Å². The minimum Gasteiger partial charge on any atom is -0.484 e. The van der Waals surface area contributed by atoms with Crippen LogP contribution in [0.15, 0.2) is 73.1 Å². The van der Waals surface area contributed by atoms with E-state index in [4.69, 9.17) is 30.5 Å². The number of carbonyl (C=O) groups is 1. The van der Waals surface area contributed by atoms with Gasteiger partial charge in [0.2, 0.25) is 0 Å². The maximum absolute atomic E-state index is 13.7. The standard InChI is InChI=1S/C40H50N10O3/c1-26(2)38(42)49-25-29(12-15-36(49)41)53-34-14-13-32(30-8-6-7-9-31(30)34)43-39(51)44-37-23-35(40(3,4)5)46-50(37)28-11-10-27-24-48(45-33(27)22-28)17-16-47-18-20-52-21-19-47/h6-12,15,22-26,32,34,41-42H,13-14,16-21H2,1-5H3,(H2,43,44,51)/t32-,34+/m0/s1. The molecule has 13 nitrogen and oxygen atoms in total. The molecule has 4 heterocycles. The number of carbonyl (C=O) groups excluding carboxylic acids is 1. The van der Waals surface area contributed by atoms with Crippen LogP contribution in [0.4, 0.5) is 10.6 Å². The maximum atomic E-state index is 13.7. The number of rotatable bonds is 9. The highest BCUT2D eigenvalue weighted by atomic mass is 16.5. The first-order valence-electron chi connectivity index (χ1n) is 18.5. The lowest BCUT2D eigenvalue weighted by atomic mass is 9.85. The summed E-state index contributed by atoms with van der Waals surface area (Å²) >= 11 is 0. The minimum atomic E-state index is -0.321. The van der Waals surface area contributed by atoms with Gasteiger partial charge in [0.1, 0.15) is 29.0 Å². The molecule has 0 unspecified atom stereocenters. The lowest BCUT2D eigenvalue weighted by Gasteiger charge is -2.32. The molecule has 2 aromatic carbocycles. The lowest BCUT2D eigenvalue weighted by Crippen LogP contribution is -2.38. The van der Waals surface area contributed by atoms with Crippen LogP contribution >= 0.6 is 0 Å². The molecule has 5 aromatic rings. The second-order valence-electron chi connectivity index (χ2n) is 15.3. The first kappa shape index (κ1) is 36.1. The van der Waals surface area contributed by atoms with Gasteiger partial charge in [0.25, 0.3) is 0 Å². The molecule has 53 heavy (non-hydrogen) atoms. The highest BCUT2D eigenvalue weighted by Crippen LogP contribution is 2.39. The van der Waals surface area contributed by atoms with Crippen LogP contribution in [0.1, 0.15) is 76.4 Å². The molecule has 2 aliphatic rings. The Balaban J connectivity index is 1.07. The molecular formula is C40H50N10O3. The molecule has 1 aliphatic heterocycles. The van der Waals surface area contributed by atoms with E-state index in [-0.39, 0.29) is 35.0 Å². The number of nitrogens with one attached hydrogen (secondary N) is 4. The number of hydrogen-bond acceptors (Lipinski definition) is 8. The summed E-state index contributed by atoms with van der Waals surface area (Å²) in [6.45, 7) is 15.4. The molecule has 13 heteroatoms. The van der Waals surface area contributed by atoms with Gasteiger partial charge >= 0.3 is 6.03 Å². The Kier molecular flexibility index (Phi) is 10.2. The zero-order valence-corrected chi connectivity index (χ0v) is 31.2. The molecule has 1 saturated heterocycles. The molecule has 278 valence electrons. The van der Waals surface area contributed by atoms with Crippen LogP contribution in [0.5, 0.6) is 5.75 Å². The number of fused-ring (bicyclic) bond motifs is 2. The van der Waals surface area contributed by atoms with Crippen LogP contribution in [0, 0.1) is 16.7 Å². The molecule has 0 bridgehead atoms. The Labute approximate surface area is 309 Å². The molecule has 3 aromatic heterocycles. The summed E-state index contributed by atoms with van der Waals surface area (Å²) in [6.07, 6.45) is 4.91. The second kappa shape index (κ2) is 15.0. The van der Waals surface area contributed by atoms with Gasteiger partial charge in [-0.1, -0.05) is 58.9 Å². The first-order chi connectivity index (χ1) is 25.4. The third-order valence-corrected chi connectivity index (χ3v) is 10.00. The molecule has 0 saturated carbocycles. The van der Waals surface area contributed by atoms with Crippen molar-refractivity contribution in [1.82, 2.24) is 34.3 Å². The first-order valence-corrected chi connectivity index (χ1v) is 18.5. The van der Waals surface area contributed by atoms with Crippen LogP contribution in [0.3, 0.4) is 0 Å². The van der Waals surface area contributed by atoms with Crippen molar-refractivity contribution in [3.63, 3.8) is 0 Å². The van der Waals surface area contributed by atoms with Crippen molar-refractivity contribution in [2.24, 2.45) is 5.92 Å². The van der Waals surface area contributed by atoms with Crippen molar-refractivity contribution in [3.05, 3.63) is 95.4 Å². The predicted octanol–water partition coefficient (Wildman–Crippen LogP) is 6.39. The summed E-state index contributed by atoms with van der Waals surface area (Å²) in [4.78, 5) is 16.1. The van der Waals surface area contributed by atoms with Gasteiger partial charge in [-0.15, -0.1) is 0 Å². The summed E-state index contributed by atoms with van der Waals surface area (Å²) in [5.41, 5.74) is 4.53. The van der Waals surface area contributed by atoms with E-state index in [1.54, 1.807) is 27.6 Å². The van der Waals surface area contributed by atoms with Crippen LogP contribution in [-0.2, 0) is 16.7 Å². The molecule has 0 radical (unpaired) electrons. The summed E-state index contributed by atoms with van der Waals surface area (Å²) in [5.74, 6) is 1.47. The van der Waals surface area contributed by atoms with Crippen molar-refractivity contribution < 1.29 is 14.3 Å². The van der Waals surface area contributed by atoms with E-state index in [1.807, 2.05) is 61.0 Å². The number of hydrogen-bond donors (Lipinski definition) is 4. The van der Waals surface area contributed by atoms with E-state index in [1.165, 1.54) is 0 Å². The molecule has 1 aliphatic carbocycles. The highest BCUT2D eigenvalue weighted by molar-refractivity contribution is 5.89. The summed E-state index contributed by atoms with van der Waals surface area (Å²) < 4.78 is 17.3. The second-order valence-corrected chi connectivity index (χ2v) is 15.3. The number of benzene rings is 2. The molecular weight excluding hydrogens is 669 g/mol. The van der Waals surface area contributed by atoms with Gasteiger partial charge in [-0.25, -0.2) is 9.48 Å². The Hall–Kier alpha value is -5.27. The van der Waals surface area contributed by atoms with Crippen molar-refractivity contribution in [1.29, 1.82) is 10.8 Å². The molecule has 4 N–H and O–H groups in total. The fraction of sp³-hybridized carbons (Fsp3) is 0.425. The van der Waals surface area contributed by atoms with Crippen molar-refractivity contribution in [2.45, 2.75) is 71.6 Å². The zero-order valence-electron chi connectivity index (χ0n) is 31.2. The molecule has 1 fully saturated rings. The van der Waals surface area contributed by atoms with Crippen LogP contribution in [0.2, 0.25) is 0 Å². The smallest absolute Gasteiger partial charge is 0.320 e. The number of morpholine rings is 1. The average Bonchev–Trinajstić information content (AvgIpc) is 3.76. The molecule has 2 amide bonds. The number of amides is 2. The quantitative estimate of drug-likeness (QED) is 0.102. The van der Waals surface area contributed by atoms with Gasteiger partial charge < -0.3 is 14.8 Å². The lowest BCUT2D eigenvalue weighted by molar-refractivity contribution is 0.0360. The fourth-order valence-corrected chi connectivity index (χ4v) is 6.93. The maximum Gasteiger partial charge on any atom is 0.320 e. The number of anilines is 1. The fourth-order valence-electron chi connectivity index (χ4n) is 6.93. The van der Waals surface area contributed by atoms with Crippen molar-refractivity contribution >= 4 is 28.6 Å². The van der Waals surface area contributed by atoms with Crippen LogP contribution in [0.25, 0.3) is 16.6 Å². The SMILES string of the molecule is CC(C)C(=N)n1cc(O[C@@H]2CC[C@H](NC(=O)Nc3cc(C(C)(C)C)nn3-c3ccc4cn(CCN5CCOCC5)nc4c3)c3ccccc32)ccc1=N. The van der Waals surface area contributed by atoms with Crippen molar-refractivity contribution in [2.75, 3.05) is 38.2 Å². The van der Waals surface area contributed by atoms with E-state index < -0.39 is 0 Å². The molecule has 7 rings (SSSR count). The zero-order chi connectivity index (χ0) is 37.3. The minimum absolute atomic E-state index is 0.0316. The largest absolute Gasteiger partial charge is 0.484 e. The van der Waals surface area contributed by atoms with Gasteiger partial charge in [-0.05, 0) is 54.3 Å². The number of ether oxygens (including phenoxy) is 2. The number of urea groups is 1. The summed E-state index contributed by atoms with van der Waals surface area (Å²) in [5, 5.41) is 33.9. The van der Waals surface area contributed by atoms with E-state index in [0.717, 1.165) is 72.8 Å². The summed E-state index contributed by atoms with van der Waals surface area (Å²) in [6, 6.07) is 19.0. The average molecular weight is 719 g/mol. The normalized spacial score (nSPS) is 17.8. The van der Waals surface area contributed by atoms with Crippen LogP contribution in [-0.4, -0.2) is 73.7 Å². The van der Waals surface area contributed by atoms with Gasteiger partial charge in [-0.3, -0.25) is 30.3 Å². The van der Waals surface area contributed by atoms with Crippen molar-refractivity contribution in [3.8, 4) is 11.4 Å². The van der Waals surface area contributed by atoms with E-state index >= 15 is 0 Å². The van der Waals surface area contributed by atoms with Crippen LogP contribution < -0.4 is 20.9 Å². The number of pyridine rings is 1. The third-order valence-electron chi connectivity index (χ3n) is 10.00. The number of nitrogens with zero attached hydrogens (tertiary/aromatic N) is 6.